The number of carbonyl (C=O) groups is 2. The average Bonchev–Trinajstić information content (AvgIpc) is 2.87. The van der Waals surface area contributed by atoms with E-state index < -0.39 is 74.4 Å². The molecule has 0 bridgehead atoms. The molecule has 0 aliphatic carbocycles. The van der Waals surface area contributed by atoms with Crippen LogP contribution in [0.15, 0.2) is 0 Å². The van der Waals surface area contributed by atoms with E-state index in [1.807, 2.05) is 0 Å². The number of alkyl halides is 14. The van der Waals surface area contributed by atoms with Gasteiger partial charge < -0.3 is 33.2 Å². The predicted octanol–water partition coefficient (Wildman–Crippen LogP) is 3.82. The van der Waals surface area contributed by atoms with E-state index in [4.69, 9.17) is 23.7 Å². The van der Waals surface area contributed by atoms with E-state index in [1.165, 1.54) is 0 Å². The van der Waals surface area contributed by atoms with Gasteiger partial charge in [0.15, 0.2) is 0 Å². The number of esters is 2. The normalized spacial score (nSPS) is 13.7. The molecule has 0 amide bonds. The smallest absolute Gasteiger partial charge is 0.459 e. The van der Waals surface area contributed by atoms with Crippen molar-refractivity contribution in [3.8, 4) is 0 Å². The molecule has 0 N–H and O–H groups in total. The summed E-state index contributed by atoms with van der Waals surface area (Å²) in [5.41, 5.74) is 0. The summed E-state index contributed by atoms with van der Waals surface area (Å²) in [7, 11) is 0. The van der Waals surface area contributed by atoms with Crippen molar-refractivity contribution in [3.05, 3.63) is 0 Å². The maximum Gasteiger partial charge on any atom is 0.460 e. The largest absolute Gasteiger partial charge is 0.460 e. The fourth-order valence-electron chi connectivity index (χ4n) is 2.16. The second-order valence-corrected chi connectivity index (χ2v) is 7.63. The minimum Gasteiger partial charge on any atom is -0.459 e. The van der Waals surface area contributed by atoms with E-state index >= 15 is 0 Å². The number of halogens is 14. The highest BCUT2D eigenvalue weighted by atomic mass is 19.4. The molecule has 0 aromatic rings. The van der Waals surface area contributed by atoms with Crippen molar-refractivity contribution in [1.82, 2.24) is 0 Å². The number of carbonyl (C=O) groups excluding carboxylic acids is 2. The highest BCUT2D eigenvalue weighted by Gasteiger charge is 2.78. The van der Waals surface area contributed by atoms with Gasteiger partial charge in [0, 0.05) is 0 Å². The van der Waals surface area contributed by atoms with Gasteiger partial charge in [0.25, 0.3) is 0 Å². The molecule has 43 heavy (non-hydrogen) atoms. The highest BCUT2D eigenvalue weighted by Crippen LogP contribution is 2.48. The van der Waals surface area contributed by atoms with Crippen molar-refractivity contribution in [2.24, 2.45) is 0 Å². The molecule has 0 aliphatic rings. The molecule has 0 saturated heterocycles. The van der Waals surface area contributed by atoms with Gasteiger partial charge in [-0.2, -0.15) is 61.5 Å². The van der Waals surface area contributed by atoms with Crippen LogP contribution in [0, 0.1) is 0 Å². The molecular weight excluding hydrogens is 650 g/mol. The average molecular weight is 674 g/mol. The van der Waals surface area contributed by atoms with Crippen LogP contribution in [-0.4, -0.2) is 127 Å². The lowest BCUT2D eigenvalue weighted by molar-refractivity contribution is -0.348. The molecule has 0 spiro atoms. The van der Waals surface area contributed by atoms with Gasteiger partial charge in [-0.1, -0.05) is 0 Å². The third-order valence-corrected chi connectivity index (χ3v) is 4.42. The summed E-state index contributed by atoms with van der Waals surface area (Å²) in [6, 6.07) is 0. The maximum absolute atomic E-state index is 13.0. The molecule has 0 saturated carbocycles. The molecule has 0 heterocycles. The van der Waals surface area contributed by atoms with E-state index in [-0.39, 0.29) is 52.9 Å². The Labute approximate surface area is 232 Å². The summed E-state index contributed by atoms with van der Waals surface area (Å²) >= 11 is 0. The first-order valence-electron chi connectivity index (χ1n) is 11.4. The van der Waals surface area contributed by atoms with E-state index in [0.717, 1.165) is 0 Å². The number of ether oxygens (including phenoxy) is 7. The van der Waals surface area contributed by atoms with Gasteiger partial charge in [0.1, 0.15) is 13.2 Å². The molecule has 23 heteroatoms. The van der Waals surface area contributed by atoms with Crippen LogP contribution in [0.4, 0.5) is 61.5 Å². The van der Waals surface area contributed by atoms with Crippen LogP contribution in [0.3, 0.4) is 0 Å². The van der Waals surface area contributed by atoms with E-state index in [1.54, 1.807) is 0 Å². The summed E-state index contributed by atoms with van der Waals surface area (Å²) in [6.45, 7) is -3.90. The van der Waals surface area contributed by atoms with Crippen molar-refractivity contribution in [1.29, 1.82) is 0 Å². The molecule has 9 nitrogen and oxygen atoms in total. The zero-order chi connectivity index (χ0) is 33.6. The van der Waals surface area contributed by atoms with Crippen molar-refractivity contribution in [2.75, 3.05) is 79.3 Å². The second-order valence-electron chi connectivity index (χ2n) is 7.63. The first-order chi connectivity index (χ1) is 19.5. The lowest BCUT2D eigenvalue weighted by atomic mass is 10.1. The quantitative estimate of drug-likeness (QED) is 0.0965. The first kappa shape index (κ1) is 40.8. The van der Waals surface area contributed by atoms with Crippen LogP contribution in [0.2, 0.25) is 0 Å². The molecule has 0 atom stereocenters. The van der Waals surface area contributed by atoms with Gasteiger partial charge in [0.2, 0.25) is 0 Å². The zero-order valence-electron chi connectivity index (χ0n) is 21.5. The Morgan fingerprint density at radius 2 is 0.535 bits per heavy atom. The Morgan fingerprint density at radius 3 is 0.721 bits per heavy atom. The Bertz CT molecular complexity index is 769. The van der Waals surface area contributed by atoms with Crippen LogP contribution in [-0.2, 0) is 42.7 Å². The molecule has 0 rings (SSSR count). The minimum absolute atomic E-state index is 0.00682. The SMILES string of the molecule is O=C(OCCOCCOCCOCCOCCOCCOC(=O)C(F)(F)C(F)(F)C(F)(F)F)C(F)(F)C(F)(F)C(F)(F)F. The van der Waals surface area contributed by atoms with Crippen LogP contribution in [0.5, 0.6) is 0 Å². The Morgan fingerprint density at radius 1 is 0.349 bits per heavy atom. The van der Waals surface area contributed by atoms with Crippen molar-refractivity contribution < 1.29 is 104 Å². The fraction of sp³-hybridized carbons (Fsp3) is 0.900. The molecule has 0 radical (unpaired) electrons. The van der Waals surface area contributed by atoms with Crippen LogP contribution in [0.1, 0.15) is 0 Å². The lowest BCUT2D eigenvalue weighted by Crippen LogP contribution is -2.56. The molecule has 0 fully saturated rings. The summed E-state index contributed by atoms with van der Waals surface area (Å²) in [5.74, 6) is -31.7. The predicted molar refractivity (Wildman–Crippen MR) is 108 cm³/mol. The highest BCUT2D eigenvalue weighted by molar-refractivity contribution is 5.79. The van der Waals surface area contributed by atoms with Crippen LogP contribution < -0.4 is 0 Å². The summed E-state index contributed by atoms with van der Waals surface area (Å²) in [6.07, 6.45) is -13.4. The van der Waals surface area contributed by atoms with Gasteiger partial charge in [-0.3, -0.25) is 0 Å². The number of hydrogen-bond acceptors (Lipinski definition) is 9. The van der Waals surface area contributed by atoms with Gasteiger partial charge in [-0.25, -0.2) is 9.59 Å². The molecule has 0 aliphatic heterocycles. The molecular formula is C20H24F14O9. The number of rotatable bonds is 22. The van der Waals surface area contributed by atoms with Gasteiger partial charge in [-0.15, -0.1) is 0 Å². The van der Waals surface area contributed by atoms with E-state index in [9.17, 15) is 71.1 Å². The maximum atomic E-state index is 13.0. The van der Waals surface area contributed by atoms with Gasteiger partial charge in [-0.05, 0) is 0 Å². The molecule has 0 aromatic heterocycles. The Hall–Kier alpha value is -2.24. The Kier molecular flexibility index (Phi) is 16.4. The fourth-order valence-corrected chi connectivity index (χ4v) is 2.16. The van der Waals surface area contributed by atoms with E-state index in [2.05, 4.69) is 9.47 Å². The standard InChI is InChI=1S/C20H24F14O9/c21-15(22,17(25,26)19(29,30)31)13(35)42-11-9-40-7-5-38-3-1-37-2-4-39-6-8-41-10-12-43-14(36)16(23,24)18(27,28)20(32,33)34/h1-12H2. The number of hydrogen-bond donors (Lipinski definition) is 0. The minimum atomic E-state index is -6.68. The lowest BCUT2D eigenvalue weighted by Gasteiger charge is -2.26. The zero-order valence-corrected chi connectivity index (χ0v) is 21.5. The molecule has 256 valence electrons. The summed E-state index contributed by atoms with van der Waals surface area (Å²) in [4.78, 5) is 21.8. The van der Waals surface area contributed by atoms with E-state index in [0.29, 0.717) is 0 Å². The molecule has 0 aromatic carbocycles. The van der Waals surface area contributed by atoms with Gasteiger partial charge >= 0.3 is 48.0 Å². The second kappa shape index (κ2) is 17.3. The van der Waals surface area contributed by atoms with Crippen LogP contribution >= 0.6 is 0 Å². The van der Waals surface area contributed by atoms with Crippen molar-refractivity contribution >= 4 is 11.9 Å². The van der Waals surface area contributed by atoms with Crippen LogP contribution in [0.25, 0.3) is 0 Å². The van der Waals surface area contributed by atoms with Gasteiger partial charge in [0.05, 0.1) is 66.1 Å². The third kappa shape index (κ3) is 12.3. The first-order valence-corrected chi connectivity index (χ1v) is 11.4. The Balaban J connectivity index is 3.70. The summed E-state index contributed by atoms with van der Waals surface area (Å²) < 4.78 is 207. The topological polar surface area (TPSA) is 98.8 Å². The summed E-state index contributed by atoms with van der Waals surface area (Å²) in [5, 5.41) is 0. The van der Waals surface area contributed by atoms with Crippen molar-refractivity contribution in [3.63, 3.8) is 0 Å². The third-order valence-electron chi connectivity index (χ3n) is 4.42. The van der Waals surface area contributed by atoms with Crippen molar-refractivity contribution in [2.45, 2.75) is 36.0 Å². The monoisotopic (exact) mass is 674 g/mol. The molecule has 0 unspecified atom stereocenters.